The molecule has 0 unspecified atom stereocenters. The lowest BCUT2D eigenvalue weighted by molar-refractivity contribution is 1.07. The highest BCUT2D eigenvalue weighted by atomic mass is 32.1. The summed E-state index contributed by atoms with van der Waals surface area (Å²) < 4.78 is 1.29. The zero-order valence-corrected chi connectivity index (χ0v) is 12.3. The van der Waals surface area contributed by atoms with Crippen LogP contribution in [-0.4, -0.2) is 16.5 Å². The molecule has 0 aliphatic heterocycles. The number of rotatable bonds is 4. The molecule has 0 spiro atoms. The highest BCUT2D eigenvalue weighted by molar-refractivity contribution is 7.17. The molecule has 0 radical (unpaired) electrons. The van der Waals surface area contributed by atoms with Crippen molar-refractivity contribution in [2.75, 3.05) is 17.2 Å². The Labute approximate surface area is 121 Å². The first-order valence-electron chi connectivity index (χ1n) is 6.58. The maximum absolute atomic E-state index is 4.49. The molecule has 4 nitrogen and oxygen atoms in total. The average molecular weight is 284 g/mol. The molecule has 0 aliphatic carbocycles. The fourth-order valence-corrected chi connectivity index (χ4v) is 2.76. The van der Waals surface area contributed by atoms with Crippen molar-refractivity contribution < 1.29 is 0 Å². The summed E-state index contributed by atoms with van der Waals surface area (Å²) in [4.78, 5) is 8.75. The van der Waals surface area contributed by atoms with E-state index in [1.54, 1.807) is 11.3 Å². The van der Waals surface area contributed by atoms with Crippen LogP contribution in [0, 0.1) is 6.92 Å². The van der Waals surface area contributed by atoms with Gasteiger partial charge in [0, 0.05) is 28.7 Å². The monoisotopic (exact) mass is 284 g/mol. The Morgan fingerprint density at radius 1 is 1.25 bits per heavy atom. The van der Waals surface area contributed by atoms with Crippen molar-refractivity contribution in [1.29, 1.82) is 0 Å². The van der Waals surface area contributed by atoms with E-state index in [9.17, 15) is 0 Å². The Morgan fingerprint density at radius 2 is 2.15 bits per heavy atom. The number of thiophene rings is 1. The van der Waals surface area contributed by atoms with Gasteiger partial charge in [0.25, 0.3) is 0 Å². The zero-order valence-electron chi connectivity index (χ0n) is 11.5. The summed E-state index contributed by atoms with van der Waals surface area (Å²) in [6, 6.07) is 8.47. The Morgan fingerprint density at radius 3 is 3.00 bits per heavy atom. The predicted molar refractivity (Wildman–Crippen MR) is 86.0 cm³/mol. The fourth-order valence-electron chi connectivity index (χ4n) is 1.99. The lowest BCUT2D eigenvalue weighted by atomic mass is 10.2. The molecule has 2 heterocycles. The van der Waals surface area contributed by atoms with Crippen LogP contribution >= 0.6 is 11.3 Å². The maximum atomic E-state index is 4.49. The number of anilines is 3. The normalized spacial score (nSPS) is 10.7. The molecule has 3 rings (SSSR count). The Hall–Kier alpha value is -2.14. The first-order chi connectivity index (χ1) is 9.76. The molecule has 2 aromatic heterocycles. The quantitative estimate of drug-likeness (QED) is 0.754. The van der Waals surface area contributed by atoms with E-state index < -0.39 is 0 Å². The molecule has 0 bridgehead atoms. The summed E-state index contributed by atoms with van der Waals surface area (Å²) in [5, 5.41) is 9.85. The molecular formula is C15H16N4S. The molecule has 0 amide bonds. The topological polar surface area (TPSA) is 49.8 Å². The van der Waals surface area contributed by atoms with E-state index in [0.29, 0.717) is 5.95 Å². The van der Waals surface area contributed by atoms with E-state index in [0.717, 1.165) is 23.6 Å². The molecule has 1 aromatic carbocycles. The Bertz CT molecular complexity index is 736. The second kappa shape index (κ2) is 5.46. The van der Waals surface area contributed by atoms with Gasteiger partial charge in [0.05, 0.1) is 0 Å². The van der Waals surface area contributed by atoms with Crippen molar-refractivity contribution in [3.63, 3.8) is 0 Å². The molecule has 0 fully saturated rings. The number of nitrogens with one attached hydrogen (secondary N) is 2. The van der Waals surface area contributed by atoms with Crippen LogP contribution < -0.4 is 10.6 Å². The van der Waals surface area contributed by atoms with Crippen molar-refractivity contribution in [3.05, 3.63) is 41.4 Å². The fraction of sp³-hybridized carbons (Fsp3) is 0.200. The highest BCUT2D eigenvalue weighted by Gasteiger charge is 2.05. The Balaban J connectivity index is 1.91. The van der Waals surface area contributed by atoms with Gasteiger partial charge in [-0.1, -0.05) is 0 Å². The molecule has 102 valence electrons. The number of fused-ring (bicyclic) bond motifs is 1. The van der Waals surface area contributed by atoms with E-state index in [1.807, 2.05) is 20.0 Å². The van der Waals surface area contributed by atoms with Gasteiger partial charge in [-0.3, -0.25) is 0 Å². The summed E-state index contributed by atoms with van der Waals surface area (Å²) in [5.74, 6) is 1.49. The van der Waals surface area contributed by atoms with E-state index in [-0.39, 0.29) is 0 Å². The molecule has 3 aromatic rings. The third kappa shape index (κ3) is 2.58. The van der Waals surface area contributed by atoms with Crippen LogP contribution in [0.25, 0.3) is 10.1 Å². The highest BCUT2D eigenvalue weighted by Crippen LogP contribution is 2.26. The largest absolute Gasteiger partial charge is 0.354 e. The summed E-state index contributed by atoms with van der Waals surface area (Å²) in [6.07, 6.45) is 1.83. The second-order valence-corrected chi connectivity index (χ2v) is 5.50. The standard InChI is InChI=1S/C15H16N4S/c1-3-16-15-17-9-10(2)14(19-15)18-12-4-5-13-11(8-12)6-7-20-13/h4-9H,3H2,1-2H3,(H2,16,17,18,19). The maximum Gasteiger partial charge on any atom is 0.224 e. The summed E-state index contributed by atoms with van der Waals surface area (Å²) in [7, 11) is 0. The van der Waals surface area contributed by atoms with Crippen molar-refractivity contribution in [3.8, 4) is 0 Å². The minimum Gasteiger partial charge on any atom is -0.354 e. The van der Waals surface area contributed by atoms with E-state index in [4.69, 9.17) is 0 Å². The average Bonchev–Trinajstić information content (AvgIpc) is 2.90. The first kappa shape index (κ1) is 12.9. The molecule has 0 saturated carbocycles. The van der Waals surface area contributed by atoms with E-state index in [2.05, 4.69) is 50.2 Å². The van der Waals surface area contributed by atoms with Gasteiger partial charge in [0.2, 0.25) is 5.95 Å². The number of aromatic nitrogens is 2. The molecular weight excluding hydrogens is 268 g/mol. The SMILES string of the molecule is CCNc1ncc(C)c(Nc2ccc3sccc3c2)n1. The first-order valence-corrected chi connectivity index (χ1v) is 7.46. The predicted octanol–water partition coefficient (Wildman–Crippen LogP) is 4.18. The van der Waals surface area contributed by atoms with Crippen molar-refractivity contribution in [2.24, 2.45) is 0 Å². The zero-order chi connectivity index (χ0) is 13.9. The van der Waals surface area contributed by atoms with Gasteiger partial charge in [0.15, 0.2) is 0 Å². The van der Waals surface area contributed by atoms with E-state index in [1.165, 1.54) is 10.1 Å². The third-order valence-corrected chi connectivity index (χ3v) is 3.92. The van der Waals surface area contributed by atoms with Gasteiger partial charge in [-0.25, -0.2) is 4.98 Å². The summed E-state index contributed by atoms with van der Waals surface area (Å²) in [5.41, 5.74) is 2.07. The number of benzene rings is 1. The second-order valence-electron chi connectivity index (χ2n) is 4.55. The number of nitrogens with zero attached hydrogens (tertiary/aromatic N) is 2. The van der Waals surface area contributed by atoms with Crippen LogP contribution in [-0.2, 0) is 0 Å². The van der Waals surface area contributed by atoms with Crippen LogP contribution in [0.1, 0.15) is 12.5 Å². The molecule has 20 heavy (non-hydrogen) atoms. The number of hydrogen-bond donors (Lipinski definition) is 2. The number of hydrogen-bond acceptors (Lipinski definition) is 5. The molecule has 0 aliphatic rings. The third-order valence-electron chi connectivity index (χ3n) is 3.02. The minimum atomic E-state index is 0.650. The van der Waals surface area contributed by atoms with Crippen molar-refractivity contribution in [1.82, 2.24) is 9.97 Å². The van der Waals surface area contributed by atoms with Gasteiger partial charge < -0.3 is 10.6 Å². The Kier molecular flexibility index (Phi) is 3.52. The van der Waals surface area contributed by atoms with Crippen LogP contribution in [0.3, 0.4) is 0 Å². The van der Waals surface area contributed by atoms with Crippen molar-refractivity contribution >= 4 is 38.9 Å². The lowest BCUT2D eigenvalue weighted by Crippen LogP contribution is -2.05. The van der Waals surface area contributed by atoms with Crippen molar-refractivity contribution in [2.45, 2.75) is 13.8 Å². The van der Waals surface area contributed by atoms with Gasteiger partial charge in [0.1, 0.15) is 5.82 Å². The molecule has 2 N–H and O–H groups in total. The van der Waals surface area contributed by atoms with Gasteiger partial charge >= 0.3 is 0 Å². The van der Waals surface area contributed by atoms with Gasteiger partial charge in [-0.2, -0.15) is 4.98 Å². The van der Waals surface area contributed by atoms with Gasteiger partial charge in [-0.05, 0) is 48.9 Å². The van der Waals surface area contributed by atoms with E-state index >= 15 is 0 Å². The van der Waals surface area contributed by atoms with Gasteiger partial charge in [-0.15, -0.1) is 11.3 Å². The summed E-state index contributed by atoms with van der Waals surface area (Å²) in [6.45, 7) is 4.84. The van der Waals surface area contributed by atoms with Crippen LogP contribution in [0.4, 0.5) is 17.5 Å². The molecule has 5 heteroatoms. The molecule has 0 atom stereocenters. The summed E-state index contributed by atoms with van der Waals surface area (Å²) >= 11 is 1.75. The van der Waals surface area contributed by atoms with Crippen LogP contribution in [0.5, 0.6) is 0 Å². The minimum absolute atomic E-state index is 0.650. The van der Waals surface area contributed by atoms with Crippen LogP contribution in [0.15, 0.2) is 35.8 Å². The van der Waals surface area contributed by atoms with Crippen LogP contribution in [0.2, 0.25) is 0 Å². The smallest absolute Gasteiger partial charge is 0.224 e. The molecule has 0 saturated heterocycles. The number of aryl methyl sites for hydroxylation is 1. The lowest BCUT2D eigenvalue weighted by Gasteiger charge is -2.10.